The molecule has 2 atom stereocenters. The van der Waals surface area contributed by atoms with Crippen LogP contribution in [0.4, 0.5) is 4.39 Å². The molecule has 0 aliphatic heterocycles. The van der Waals surface area contributed by atoms with Gasteiger partial charge in [0, 0.05) is 31.2 Å². The predicted octanol–water partition coefficient (Wildman–Crippen LogP) is 5.39. The van der Waals surface area contributed by atoms with Crippen LogP contribution in [0.3, 0.4) is 0 Å². The minimum atomic E-state index is -1.29. The summed E-state index contributed by atoms with van der Waals surface area (Å²) < 4.78 is 16.4. The number of carboxylic acid groups (broad SMARTS) is 1. The molecule has 2 N–H and O–H groups in total. The number of aryl methyl sites for hydroxylation is 2. The number of fused-ring (bicyclic) bond motifs is 1. The van der Waals surface area contributed by atoms with Crippen LogP contribution < -0.4 is 5.32 Å². The number of carbonyl (C=O) groups excluding carboxylic acids is 1. The van der Waals surface area contributed by atoms with Gasteiger partial charge >= 0.3 is 5.97 Å². The lowest BCUT2D eigenvalue weighted by Gasteiger charge is -2.20. The van der Waals surface area contributed by atoms with Crippen LogP contribution in [0.1, 0.15) is 66.5 Å². The highest BCUT2D eigenvalue weighted by Gasteiger charge is 2.22. The second kappa shape index (κ2) is 11.7. The van der Waals surface area contributed by atoms with E-state index in [9.17, 15) is 14.0 Å². The first-order chi connectivity index (χ1) is 16.7. The SMILES string of the molecule is CCCc1nc2c(C)cc(CNC(=O)C(CS)C(C)CC)cc2n1Cc1ccc(C(=O)O)c(F)c1. The molecule has 0 saturated heterocycles. The summed E-state index contributed by atoms with van der Waals surface area (Å²) in [7, 11) is 0. The van der Waals surface area contributed by atoms with Gasteiger partial charge in [-0.2, -0.15) is 12.6 Å². The van der Waals surface area contributed by atoms with Gasteiger partial charge in [-0.1, -0.05) is 39.3 Å². The molecule has 8 heteroatoms. The van der Waals surface area contributed by atoms with Crippen molar-refractivity contribution in [2.45, 2.75) is 60.0 Å². The summed E-state index contributed by atoms with van der Waals surface area (Å²) in [6.07, 6.45) is 2.57. The zero-order chi connectivity index (χ0) is 25.7. The highest BCUT2D eigenvalue weighted by atomic mass is 32.1. The van der Waals surface area contributed by atoms with Gasteiger partial charge in [-0.15, -0.1) is 0 Å². The van der Waals surface area contributed by atoms with Crippen molar-refractivity contribution in [1.29, 1.82) is 0 Å². The van der Waals surface area contributed by atoms with E-state index in [0.717, 1.165) is 47.2 Å². The van der Waals surface area contributed by atoms with Gasteiger partial charge in [0.1, 0.15) is 11.6 Å². The molecule has 0 spiro atoms. The maximum atomic E-state index is 14.3. The lowest BCUT2D eigenvalue weighted by Crippen LogP contribution is -2.34. The first kappa shape index (κ1) is 26.7. The maximum Gasteiger partial charge on any atom is 0.338 e. The predicted molar refractivity (Wildman–Crippen MR) is 140 cm³/mol. The van der Waals surface area contributed by atoms with E-state index in [0.29, 0.717) is 24.4 Å². The lowest BCUT2D eigenvalue weighted by molar-refractivity contribution is -0.125. The average molecular weight is 500 g/mol. The minimum Gasteiger partial charge on any atom is -0.478 e. The Bertz CT molecular complexity index is 1220. The van der Waals surface area contributed by atoms with Crippen LogP contribution >= 0.6 is 12.6 Å². The van der Waals surface area contributed by atoms with Gasteiger partial charge in [-0.25, -0.2) is 14.2 Å². The molecule has 2 unspecified atom stereocenters. The Morgan fingerprint density at radius 2 is 1.94 bits per heavy atom. The van der Waals surface area contributed by atoms with Crippen LogP contribution in [0.25, 0.3) is 11.0 Å². The van der Waals surface area contributed by atoms with Crippen LogP contribution in [-0.2, 0) is 24.3 Å². The van der Waals surface area contributed by atoms with Gasteiger partial charge in [0.25, 0.3) is 0 Å². The number of benzene rings is 2. The number of carbonyl (C=O) groups is 2. The number of halogens is 1. The first-order valence-electron chi connectivity index (χ1n) is 12.1. The molecule has 0 saturated carbocycles. The number of aromatic carboxylic acids is 1. The molecule has 188 valence electrons. The third-order valence-electron chi connectivity index (χ3n) is 6.59. The molecule has 0 aliphatic rings. The molecular weight excluding hydrogens is 465 g/mol. The van der Waals surface area contributed by atoms with E-state index < -0.39 is 11.8 Å². The summed E-state index contributed by atoms with van der Waals surface area (Å²) in [4.78, 5) is 28.8. The van der Waals surface area contributed by atoms with Crippen molar-refractivity contribution in [2.75, 3.05) is 5.75 Å². The third kappa shape index (κ3) is 6.04. The second-order valence-corrected chi connectivity index (χ2v) is 9.52. The monoisotopic (exact) mass is 499 g/mol. The van der Waals surface area contributed by atoms with Crippen LogP contribution in [-0.4, -0.2) is 32.3 Å². The highest BCUT2D eigenvalue weighted by Crippen LogP contribution is 2.25. The Morgan fingerprint density at radius 3 is 2.54 bits per heavy atom. The number of rotatable bonds is 11. The van der Waals surface area contributed by atoms with Gasteiger partial charge in [0.15, 0.2) is 0 Å². The van der Waals surface area contributed by atoms with E-state index in [1.807, 2.05) is 19.1 Å². The summed E-state index contributed by atoms with van der Waals surface area (Å²) in [6.45, 7) is 8.98. The number of carboxylic acids is 1. The summed E-state index contributed by atoms with van der Waals surface area (Å²) in [6, 6.07) is 8.27. The van der Waals surface area contributed by atoms with E-state index in [1.54, 1.807) is 6.07 Å². The summed E-state index contributed by atoms with van der Waals surface area (Å²) in [5.41, 5.74) is 4.06. The van der Waals surface area contributed by atoms with Crippen LogP contribution in [0, 0.1) is 24.6 Å². The smallest absolute Gasteiger partial charge is 0.338 e. The Morgan fingerprint density at radius 1 is 1.20 bits per heavy atom. The van der Waals surface area contributed by atoms with Crippen LogP contribution in [0.5, 0.6) is 0 Å². The molecule has 0 fully saturated rings. The fraction of sp³-hybridized carbons (Fsp3) is 0.444. The summed E-state index contributed by atoms with van der Waals surface area (Å²) in [5, 5.41) is 12.2. The zero-order valence-corrected chi connectivity index (χ0v) is 21.7. The maximum absolute atomic E-state index is 14.3. The Hall–Kier alpha value is -2.87. The molecule has 3 rings (SSSR count). The topological polar surface area (TPSA) is 84.2 Å². The average Bonchev–Trinajstić information content (AvgIpc) is 3.15. The number of aromatic nitrogens is 2. The molecule has 6 nitrogen and oxygen atoms in total. The van der Waals surface area contributed by atoms with Crippen molar-refractivity contribution in [3.63, 3.8) is 0 Å². The van der Waals surface area contributed by atoms with E-state index in [-0.39, 0.29) is 23.3 Å². The van der Waals surface area contributed by atoms with Gasteiger partial charge in [0.2, 0.25) is 5.91 Å². The number of hydrogen-bond acceptors (Lipinski definition) is 4. The molecule has 2 aromatic carbocycles. The standard InChI is InChI=1S/C27H34FN3O3S/c1-5-7-24-30-25-17(4)10-19(13-29-26(32)21(15-35)16(3)6-2)12-23(25)31(24)14-18-8-9-20(27(33)34)22(28)11-18/h8-12,16,21,35H,5-7,13-15H2,1-4H3,(H,29,32)(H,33,34). The van der Waals surface area contributed by atoms with Gasteiger partial charge in [0.05, 0.1) is 16.6 Å². The van der Waals surface area contributed by atoms with E-state index in [4.69, 9.17) is 10.1 Å². The van der Waals surface area contributed by atoms with Crippen LogP contribution in [0.2, 0.25) is 0 Å². The molecule has 3 aromatic rings. The van der Waals surface area contributed by atoms with Crippen molar-refractivity contribution in [1.82, 2.24) is 14.9 Å². The zero-order valence-electron chi connectivity index (χ0n) is 20.8. The Balaban J connectivity index is 1.94. The molecular formula is C27H34FN3O3S. The minimum absolute atomic E-state index is 0.00118. The third-order valence-corrected chi connectivity index (χ3v) is 6.99. The number of nitrogens with one attached hydrogen (secondary N) is 1. The molecule has 0 aliphatic carbocycles. The molecule has 1 aromatic heterocycles. The Labute approximate surface area is 211 Å². The van der Waals surface area contributed by atoms with Crippen molar-refractivity contribution >= 4 is 35.5 Å². The highest BCUT2D eigenvalue weighted by molar-refractivity contribution is 7.80. The quantitative estimate of drug-likeness (QED) is 0.309. The van der Waals surface area contributed by atoms with Crippen molar-refractivity contribution < 1.29 is 19.1 Å². The van der Waals surface area contributed by atoms with Crippen molar-refractivity contribution in [3.05, 3.63) is 64.2 Å². The van der Waals surface area contributed by atoms with E-state index >= 15 is 0 Å². The molecule has 0 radical (unpaired) electrons. The summed E-state index contributed by atoms with van der Waals surface area (Å²) >= 11 is 4.37. The Kier molecular flexibility index (Phi) is 8.94. The fourth-order valence-electron chi connectivity index (χ4n) is 4.35. The van der Waals surface area contributed by atoms with Gasteiger partial charge in [-0.05, 0) is 54.2 Å². The normalized spacial score (nSPS) is 13.1. The number of imidazole rings is 1. The fourth-order valence-corrected chi connectivity index (χ4v) is 4.87. The van der Waals surface area contributed by atoms with E-state index in [2.05, 4.69) is 43.3 Å². The summed E-state index contributed by atoms with van der Waals surface area (Å²) in [5.74, 6) is -0.534. The van der Waals surface area contributed by atoms with E-state index in [1.165, 1.54) is 12.1 Å². The number of hydrogen-bond donors (Lipinski definition) is 3. The molecule has 0 bridgehead atoms. The number of thiol groups is 1. The second-order valence-electron chi connectivity index (χ2n) is 9.16. The molecule has 1 heterocycles. The number of amides is 1. The van der Waals surface area contributed by atoms with Gasteiger partial charge < -0.3 is 15.0 Å². The lowest BCUT2D eigenvalue weighted by atomic mass is 9.92. The van der Waals surface area contributed by atoms with Crippen molar-refractivity contribution in [3.8, 4) is 0 Å². The largest absolute Gasteiger partial charge is 0.478 e. The van der Waals surface area contributed by atoms with Crippen LogP contribution in [0.15, 0.2) is 30.3 Å². The molecule has 1 amide bonds. The molecule has 35 heavy (non-hydrogen) atoms. The first-order valence-corrected chi connectivity index (χ1v) is 12.7. The van der Waals surface area contributed by atoms with Gasteiger partial charge in [-0.3, -0.25) is 4.79 Å². The van der Waals surface area contributed by atoms with Crippen molar-refractivity contribution in [2.24, 2.45) is 11.8 Å². The number of nitrogens with zero attached hydrogens (tertiary/aromatic N) is 2.